The van der Waals surface area contributed by atoms with E-state index in [-0.39, 0.29) is 0 Å². The number of nitrogens with one attached hydrogen (secondary N) is 1. The predicted octanol–water partition coefficient (Wildman–Crippen LogP) is 3.07. The van der Waals surface area contributed by atoms with E-state index in [1.165, 1.54) is 12.1 Å². The standard InChI is InChI=1S/C16H13F2N3/c17-11-4-5-14(15(18)8-11)16(21-19)13-3-1-2-10-9-20-7-6-12(10)13/h1-9,16,21H,19H2. The van der Waals surface area contributed by atoms with Crippen molar-refractivity contribution in [2.45, 2.75) is 6.04 Å². The van der Waals surface area contributed by atoms with Crippen LogP contribution in [-0.2, 0) is 0 Å². The van der Waals surface area contributed by atoms with E-state index < -0.39 is 17.7 Å². The van der Waals surface area contributed by atoms with Gasteiger partial charge >= 0.3 is 0 Å². The minimum absolute atomic E-state index is 0.295. The molecule has 0 saturated heterocycles. The molecule has 3 aromatic rings. The van der Waals surface area contributed by atoms with Crippen LogP contribution in [0.25, 0.3) is 10.8 Å². The highest BCUT2D eigenvalue weighted by Crippen LogP contribution is 2.29. The molecule has 5 heteroatoms. The molecular weight excluding hydrogens is 272 g/mol. The summed E-state index contributed by atoms with van der Waals surface area (Å²) in [5, 5.41) is 1.84. The summed E-state index contributed by atoms with van der Waals surface area (Å²) in [6.07, 6.45) is 3.40. The molecule has 1 heterocycles. The summed E-state index contributed by atoms with van der Waals surface area (Å²) in [5.41, 5.74) is 3.71. The maximum absolute atomic E-state index is 14.0. The molecule has 0 spiro atoms. The maximum atomic E-state index is 14.0. The van der Waals surface area contributed by atoms with Gasteiger partial charge in [-0.25, -0.2) is 14.2 Å². The Labute approximate surface area is 120 Å². The van der Waals surface area contributed by atoms with Crippen molar-refractivity contribution < 1.29 is 8.78 Å². The minimum Gasteiger partial charge on any atom is -0.271 e. The Morgan fingerprint density at radius 2 is 1.90 bits per heavy atom. The van der Waals surface area contributed by atoms with Crippen LogP contribution in [0, 0.1) is 11.6 Å². The van der Waals surface area contributed by atoms with Crippen molar-refractivity contribution in [3.8, 4) is 0 Å². The summed E-state index contributed by atoms with van der Waals surface area (Å²) in [6, 6.07) is 10.4. The molecule has 2 aromatic carbocycles. The summed E-state index contributed by atoms with van der Waals surface area (Å²) >= 11 is 0. The number of rotatable bonds is 3. The Morgan fingerprint density at radius 3 is 2.67 bits per heavy atom. The van der Waals surface area contributed by atoms with E-state index >= 15 is 0 Å². The molecule has 0 amide bonds. The van der Waals surface area contributed by atoms with Crippen molar-refractivity contribution in [2.75, 3.05) is 0 Å². The highest BCUT2D eigenvalue weighted by Gasteiger charge is 2.19. The number of hydrogen-bond donors (Lipinski definition) is 2. The van der Waals surface area contributed by atoms with E-state index in [1.54, 1.807) is 12.4 Å². The molecule has 3 rings (SSSR count). The Hall–Kier alpha value is -2.37. The lowest BCUT2D eigenvalue weighted by atomic mass is 9.94. The van der Waals surface area contributed by atoms with Gasteiger partial charge in [0.15, 0.2) is 0 Å². The van der Waals surface area contributed by atoms with Gasteiger partial charge in [-0.2, -0.15) is 0 Å². The van der Waals surface area contributed by atoms with Gasteiger partial charge < -0.3 is 0 Å². The summed E-state index contributed by atoms with van der Waals surface area (Å²) in [7, 11) is 0. The van der Waals surface area contributed by atoms with Gasteiger partial charge in [-0.1, -0.05) is 24.3 Å². The molecule has 0 aliphatic rings. The van der Waals surface area contributed by atoms with Crippen LogP contribution in [0.5, 0.6) is 0 Å². The fraction of sp³-hybridized carbons (Fsp3) is 0.0625. The number of hydrogen-bond acceptors (Lipinski definition) is 3. The summed E-state index contributed by atoms with van der Waals surface area (Å²) in [4.78, 5) is 4.07. The zero-order valence-electron chi connectivity index (χ0n) is 11.1. The van der Waals surface area contributed by atoms with Crippen LogP contribution < -0.4 is 11.3 Å². The smallest absolute Gasteiger partial charge is 0.131 e. The van der Waals surface area contributed by atoms with Crippen LogP contribution in [0.1, 0.15) is 17.2 Å². The van der Waals surface area contributed by atoms with Crippen LogP contribution in [-0.4, -0.2) is 4.98 Å². The van der Waals surface area contributed by atoms with E-state index in [2.05, 4.69) is 10.4 Å². The Bertz CT molecular complexity index is 784. The number of nitrogens with two attached hydrogens (primary N) is 1. The molecule has 106 valence electrons. The van der Waals surface area contributed by atoms with Crippen molar-refractivity contribution in [1.29, 1.82) is 0 Å². The van der Waals surface area contributed by atoms with Crippen molar-refractivity contribution in [3.63, 3.8) is 0 Å². The number of halogens is 2. The summed E-state index contributed by atoms with van der Waals surface area (Å²) in [6.45, 7) is 0. The van der Waals surface area contributed by atoms with Crippen LogP contribution in [0.2, 0.25) is 0 Å². The lowest BCUT2D eigenvalue weighted by Gasteiger charge is -2.19. The van der Waals surface area contributed by atoms with Crippen LogP contribution in [0.4, 0.5) is 8.78 Å². The molecule has 0 saturated carbocycles. The third-order valence-corrected chi connectivity index (χ3v) is 3.47. The number of fused-ring (bicyclic) bond motifs is 1. The van der Waals surface area contributed by atoms with Gasteiger partial charge in [0.25, 0.3) is 0 Å². The van der Waals surface area contributed by atoms with E-state index in [1.807, 2.05) is 24.3 Å². The Balaban J connectivity index is 2.18. The third kappa shape index (κ3) is 2.49. The molecule has 0 bridgehead atoms. The van der Waals surface area contributed by atoms with Crippen molar-refractivity contribution in [2.24, 2.45) is 5.84 Å². The fourth-order valence-electron chi connectivity index (χ4n) is 2.48. The maximum Gasteiger partial charge on any atom is 0.131 e. The van der Waals surface area contributed by atoms with Crippen molar-refractivity contribution >= 4 is 10.8 Å². The van der Waals surface area contributed by atoms with Crippen molar-refractivity contribution in [3.05, 3.63) is 77.6 Å². The highest BCUT2D eigenvalue weighted by atomic mass is 19.1. The largest absolute Gasteiger partial charge is 0.271 e. The van der Waals surface area contributed by atoms with Gasteiger partial charge in [0, 0.05) is 29.4 Å². The van der Waals surface area contributed by atoms with E-state index in [4.69, 9.17) is 5.84 Å². The molecule has 0 aliphatic carbocycles. The Kier molecular flexibility index (Phi) is 3.60. The van der Waals surface area contributed by atoms with Gasteiger partial charge in [-0.3, -0.25) is 10.8 Å². The first kappa shape index (κ1) is 13.6. The Morgan fingerprint density at radius 1 is 1.05 bits per heavy atom. The monoisotopic (exact) mass is 285 g/mol. The number of aromatic nitrogens is 1. The molecule has 3 nitrogen and oxygen atoms in total. The van der Waals surface area contributed by atoms with Crippen LogP contribution in [0.3, 0.4) is 0 Å². The highest BCUT2D eigenvalue weighted by molar-refractivity contribution is 5.85. The van der Waals surface area contributed by atoms with E-state index in [0.29, 0.717) is 5.56 Å². The molecule has 0 radical (unpaired) electrons. The lowest BCUT2D eigenvalue weighted by molar-refractivity contribution is 0.542. The second kappa shape index (κ2) is 5.55. The number of pyridine rings is 1. The molecule has 1 aromatic heterocycles. The second-order valence-electron chi connectivity index (χ2n) is 4.71. The third-order valence-electron chi connectivity index (χ3n) is 3.47. The lowest BCUT2D eigenvalue weighted by Crippen LogP contribution is -2.29. The van der Waals surface area contributed by atoms with Gasteiger partial charge in [-0.05, 0) is 23.1 Å². The fourth-order valence-corrected chi connectivity index (χ4v) is 2.48. The van der Waals surface area contributed by atoms with Crippen LogP contribution in [0.15, 0.2) is 54.9 Å². The number of benzene rings is 2. The van der Waals surface area contributed by atoms with Crippen molar-refractivity contribution in [1.82, 2.24) is 10.4 Å². The minimum atomic E-state index is -0.635. The van der Waals surface area contributed by atoms with Gasteiger partial charge in [0.1, 0.15) is 11.6 Å². The normalized spacial score (nSPS) is 12.5. The van der Waals surface area contributed by atoms with E-state index in [9.17, 15) is 8.78 Å². The first-order chi connectivity index (χ1) is 10.2. The van der Waals surface area contributed by atoms with Gasteiger partial charge in [0.05, 0.1) is 6.04 Å². The molecular formula is C16H13F2N3. The molecule has 1 unspecified atom stereocenters. The van der Waals surface area contributed by atoms with E-state index in [0.717, 1.165) is 22.4 Å². The molecule has 3 N–H and O–H groups in total. The van der Waals surface area contributed by atoms with Gasteiger partial charge in [-0.15, -0.1) is 0 Å². The first-order valence-corrected chi connectivity index (χ1v) is 6.44. The molecule has 1 atom stereocenters. The van der Waals surface area contributed by atoms with Gasteiger partial charge in [0.2, 0.25) is 0 Å². The average Bonchev–Trinajstić information content (AvgIpc) is 2.50. The molecule has 0 aliphatic heterocycles. The second-order valence-corrected chi connectivity index (χ2v) is 4.71. The zero-order valence-corrected chi connectivity index (χ0v) is 11.1. The van der Waals surface area contributed by atoms with Crippen LogP contribution >= 0.6 is 0 Å². The SMILES string of the molecule is NNC(c1ccc(F)cc1F)c1cccc2cnccc12. The number of hydrazine groups is 1. The molecule has 21 heavy (non-hydrogen) atoms. The average molecular weight is 285 g/mol. The first-order valence-electron chi connectivity index (χ1n) is 6.44. The summed E-state index contributed by atoms with van der Waals surface area (Å²) < 4.78 is 27.1. The quantitative estimate of drug-likeness (QED) is 0.574. The molecule has 0 fully saturated rings. The number of nitrogens with zero attached hydrogens (tertiary/aromatic N) is 1. The zero-order chi connectivity index (χ0) is 14.8. The predicted molar refractivity (Wildman–Crippen MR) is 77.3 cm³/mol. The topological polar surface area (TPSA) is 50.9 Å². The summed E-state index contributed by atoms with van der Waals surface area (Å²) in [5.74, 6) is 4.36.